The summed E-state index contributed by atoms with van der Waals surface area (Å²) >= 11 is 0. The third-order valence-electron chi connectivity index (χ3n) is 3.29. The fraction of sp³-hybridized carbons (Fsp3) is 0.667. The second kappa shape index (κ2) is 5.42. The van der Waals surface area contributed by atoms with Gasteiger partial charge < -0.3 is 9.72 Å². The third kappa shape index (κ3) is 3.14. The molecule has 0 aliphatic carbocycles. The topological polar surface area (TPSA) is 58.2 Å². The van der Waals surface area contributed by atoms with Gasteiger partial charge >= 0.3 is 5.69 Å². The van der Waals surface area contributed by atoms with Gasteiger partial charge in [0.25, 0.3) is 0 Å². The normalized spacial score (nSPS) is 17.1. The van der Waals surface area contributed by atoms with Gasteiger partial charge in [-0.25, -0.2) is 9.78 Å². The second-order valence-electron chi connectivity index (χ2n) is 4.56. The number of hydrogen-bond donors (Lipinski definition) is 1. The summed E-state index contributed by atoms with van der Waals surface area (Å²) in [6.45, 7) is 5.08. The Morgan fingerprint density at radius 2 is 2.35 bits per heavy atom. The molecule has 2 heterocycles. The Morgan fingerprint density at radius 3 is 3.00 bits per heavy atom. The molecular formula is C12H19N3O2. The van der Waals surface area contributed by atoms with Crippen molar-refractivity contribution in [3.8, 4) is 0 Å². The molecule has 5 heteroatoms. The highest BCUT2D eigenvalue weighted by Crippen LogP contribution is 2.12. The van der Waals surface area contributed by atoms with Gasteiger partial charge in [-0.05, 0) is 31.9 Å². The number of H-pyrrole nitrogens is 1. The molecule has 0 unspecified atom stereocenters. The first-order chi connectivity index (χ1) is 8.19. The van der Waals surface area contributed by atoms with Crippen LogP contribution in [0.3, 0.4) is 0 Å². The number of aryl methyl sites for hydroxylation is 2. The molecule has 1 aliphatic rings. The molecule has 0 atom stereocenters. The van der Waals surface area contributed by atoms with Crippen LogP contribution in [0.15, 0.2) is 11.0 Å². The molecule has 1 aliphatic heterocycles. The van der Waals surface area contributed by atoms with Crippen LogP contribution in [0, 0.1) is 6.92 Å². The number of likely N-dealkylation sites (tertiary alicyclic amines) is 1. The zero-order valence-corrected chi connectivity index (χ0v) is 10.4. The number of aromatic nitrogens is 2. The van der Waals surface area contributed by atoms with E-state index in [0.717, 1.165) is 43.7 Å². The minimum Gasteiger partial charge on any atom is -0.379 e. The molecular weight excluding hydrogens is 218 g/mol. The van der Waals surface area contributed by atoms with Crippen molar-refractivity contribution in [2.24, 2.45) is 0 Å². The molecule has 2 rings (SSSR count). The maximum atomic E-state index is 11.0. The SMILES string of the molecule is COC1CN(CCCc2cnc(=O)[nH]c2C)C1. The van der Waals surface area contributed by atoms with Crippen molar-refractivity contribution in [2.75, 3.05) is 26.7 Å². The van der Waals surface area contributed by atoms with Crippen molar-refractivity contribution < 1.29 is 4.74 Å². The van der Waals surface area contributed by atoms with Crippen LogP contribution in [-0.4, -0.2) is 47.7 Å². The van der Waals surface area contributed by atoms with E-state index in [1.807, 2.05) is 6.92 Å². The number of ether oxygens (including phenoxy) is 1. The van der Waals surface area contributed by atoms with Crippen LogP contribution in [0.2, 0.25) is 0 Å². The Balaban J connectivity index is 1.73. The van der Waals surface area contributed by atoms with E-state index in [4.69, 9.17) is 4.74 Å². The van der Waals surface area contributed by atoms with E-state index in [1.54, 1.807) is 13.3 Å². The fourth-order valence-electron chi connectivity index (χ4n) is 2.11. The lowest BCUT2D eigenvalue weighted by Gasteiger charge is -2.38. The van der Waals surface area contributed by atoms with E-state index in [0.29, 0.717) is 6.10 Å². The highest BCUT2D eigenvalue weighted by molar-refractivity contribution is 5.14. The van der Waals surface area contributed by atoms with Crippen LogP contribution in [-0.2, 0) is 11.2 Å². The molecule has 0 aromatic carbocycles. The molecule has 0 amide bonds. The smallest absolute Gasteiger partial charge is 0.345 e. The molecule has 1 aromatic heterocycles. The maximum absolute atomic E-state index is 11.0. The van der Waals surface area contributed by atoms with Crippen molar-refractivity contribution in [1.29, 1.82) is 0 Å². The highest BCUT2D eigenvalue weighted by atomic mass is 16.5. The second-order valence-corrected chi connectivity index (χ2v) is 4.56. The van der Waals surface area contributed by atoms with Crippen LogP contribution in [0.5, 0.6) is 0 Å². The quantitative estimate of drug-likeness (QED) is 0.802. The molecule has 1 saturated heterocycles. The van der Waals surface area contributed by atoms with Crippen molar-refractivity contribution in [3.63, 3.8) is 0 Å². The standard InChI is InChI=1S/C12H19N3O2/c1-9-10(6-13-12(16)14-9)4-3-5-15-7-11(8-15)17-2/h6,11H,3-5,7-8H2,1-2H3,(H,13,14,16). The van der Waals surface area contributed by atoms with E-state index in [-0.39, 0.29) is 5.69 Å². The predicted octanol–water partition coefficient (Wildman–Crippen LogP) is 0.342. The Kier molecular flexibility index (Phi) is 3.91. The summed E-state index contributed by atoms with van der Waals surface area (Å²) < 4.78 is 5.22. The van der Waals surface area contributed by atoms with Crippen molar-refractivity contribution in [3.05, 3.63) is 27.9 Å². The van der Waals surface area contributed by atoms with E-state index in [9.17, 15) is 4.79 Å². The molecule has 17 heavy (non-hydrogen) atoms. The lowest BCUT2D eigenvalue weighted by atomic mass is 10.1. The Labute approximate surface area is 101 Å². The largest absolute Gasteiger partial charge is 0.379 e. The van der Waals surface area contributed by atoms with Gasteiger partial charge in [-0.3, -0.25) is 4.90 Å². The molecule has 0 spiro atoms. The molecule has 5 nitrogen and oxygen atoms in total. The van der Waals surface area contributed by atoms with Gasteiger partial charge in [0, 0.05) is 32.1 Å². The number of aromatic amines is 1. The minimum atomic E-state index is -0.267. The number of nitrogens with zero attached hydrogens (tertiary/aromatic N) is 2. The molecule has 1 N–H and O–H groups in total. The minimum absolute atomic E-state index is 0.267. The van der Waals surface area contributed by atoms with Gasteiger partial charge in [-0.2, -0.15) is 0 Å². The predicted molar refractivity (Wildman–Crippen MR) is 65.2 cm³/mol. The van der Waals surface area contributed by atoms with E-state index < -0.39 is 0 Å². The summed E-state index contributed by atoms with van der Waals surface area (Å²) in [5, 5.41) is 0. The number of methoxy groups -OCH3 is 1. The number of hydrogen-bond acceptors (Lipinski definition) is 4. The van der Waals surface area contributed by atoms with Crippen LogP contribution in [0.25, 0.3) is 0 Å². The first kappa shape index (κ1) is 12.3. The zero-order valence-electron chi connectivity index (χ0n) is 10.4. The van der Waals surface area contributed by atoms with Gasteiger partial charge in [-0.1, -0.05) is 0 Å². The van der Waals surface area contributed by atoms with E-state index in [1.165, 1.54) is 0 Å². The summed E-state index contributed by atoms with van der Waals surface area (Å²) in [6.07, 6.45) is 4.16. The lowest BCUT2D eigenvalue weighted by Crippen LogP contribution is -2.51. The first-order valence-electron chi connectivity index (χ1n) is 5.99. The average molecular weight is 237 g/mol. The molecule has 0 saturated carbocycles. The molecule has 94 valence electrons. The Hall–Kier alpha value is -1.20. The monoisotopic (exact) mass is 237 g/mol. The lowest BCUT2D eigenvalue weighted by molar-refractivity contribution is -0.0293. The molecule has 1 fully saturated rings. The molecule has 0 bridgehead atoms. The van der Waals surface area contributed by atoms with Crippen molar-refractivity contribution in [1.82, 2.24) is 14.9 Å². The van der Waals surface area contributed by atoms with Gasteiger partial charge in [0.2, 0.25) is 0 Å². The van der Waals surface area contributed by atoms with Crippen LogP contribution >= 0.6 is 0 Å². The first-order valence-corrected chi connectivity index (χ1v) is 5.99. The number of nitrogens with one attached hydrogen (secondary N) is 1. The summed E-state index contributed by atoms with van der Waals surface area (Å²) in [7, 11) is 1.76. The van der Waals surface area contributed by atoms with Crippen LogP contribution < -0.4 is 5.69 Å². The summed E-state index contributed by atoms with van der Waals surface area (Å²) in [6, 6.07) is 0. The zero-order chi connectivity index (χ0) is 12.3. The van der Waals surface area contributed by atoms with Crippen LogP contribution in [0.1, 0.15) is 17.7 Å². The Bertz CT molecular complexity index is 424. The van der Waals surface area contributed by atoms with Crippen molar-refractivity contribution >= 4 is 0 Å². The van der Waals surface area contributed by atoms with Gasteiger partial charge in [0.05, 0.1) is 6.10 Å². The van der Waals surface area contributed by atoms with Gasteiger partial charge in [-0.15, -0.1) is 0 Å². The fourth-order valence-corrected chi connectivity index (χ4v) is 2.11. The molecule has 0 radical (unpaired) electrons. The average Bonchev–Trinajstić information content (AvgIpc) is 2.24. The van der Waals surface area contributed by atoms with E-state index >= 15 is 0 Å². The van der Waals surface area contributed by atoms with E-state index in [2.05, 4.69) is 14.9 Å². The maximum Gasteiger partial charge on any atom is 0.345 e. The highest BCUT2D eigenvalue weighted by Gasteiger charge is 2.25. The van der Waals surface area contributed by atoms with Crippen molar-refractivity contribution in [2.45, 2.75) is 25.9 Å². The van der Waals surface area contributed by atoms with Gasteiger partial charge in [0.1, 0.15) is 0 Å². The van der Waals surface area contributed by atoms with Gasteiger partial charge in [0.15, 0.2) is 0 Å². The summed E-state index contributed by atoms with van der Waals surface area (Å²) in [4.78, 5) is 19.8. The third-order valence-corrected chi connectivity index (χ3v) is 3.29. The molecule has 1 aromatic rings. The summed E-state index contributed by atoms with van der Waals surface area (Å²) in [5.74, 6) is 0. The Morgan fingerprint density at radius 1 is 1.59 bits per heavy atom. The number of rotatable bonds is 5. The summed E-state index contributed by atoms with van der Waals surface area (Å²) in [5.41, 5.74) is 1.80. The van der Waals surface area contributed by atoms with Crippen LogP contribution in [0.4, 0.5) is 0 Å².